The molecule has 0 aliphatic rings. The molecule has 0 saturated heterocycles. The first-order valence-electron chi connectivity index (χ1n) is 5.99. The summed E-state index contributed by atoms with van der Waals surface area (Å²) in [7, 11) is 0. The number of carbonyl (C=O) groups is 1. The fourth-order valence-electron chi connectivity index (χ4n) is 1.82. The zero-order valence-electron chi connectivity index (χ0n) is 10.8. The molecule has 2 aromatic carbocycles. The van der Waals surface area contributed by atoms with Crippen LogP contribution in [0.15, 0.2) is 36.4 Å². The normalized spacial score (nSPS) is 10.3. The lowest BCUT2D eigenvalue weighted by Crippen LogP contribution is -2.04. The van der Waals surface area contributed by atoms with Gasteiger partial charge in [0.2, 0.25) is 0 Å². The Morgan fingerprint density at radius 2 is 2.00 bits per heavy atom. The maximum absolute atomic E-state index is 11.0. The second-order valence-corrected chi connectivity index (χ2v) is 5.19. The molecule has 0 amide bonds. The molecule has 0 unspecified atom stereocenters. The molecule has 0 aliphatic carbocycles. The highest BCUT2D eigenvalue weighted by molar-refractivity contribution is 6.42. The number of carboxylic acid groups (broad SMARTS) is 1. The standard InChI is InChI=1S/C15H13Cl2NO2/c1-9-5-6-10(15(19)20)7-13(9)18-8-11-3-2-4-12(16)14(11)17/h2-7,18H,8H2,1H3,(H,19,20). The molecule has 0 fully saturated rings. The number of halogens is 2. The first kappa shape index (κ1) is 14.7. The molecule has 0 atom stereocenters. The summed E-state index contributed by atoms with van der Waals surface area (Å²) < 4.78 is 0. The number of benzene rings is 2. The fraction of sp³-hybridized carbons (Fsp3) is 0.133. The van der Waals surface area contributed by atoms with Crippen molar-refractivity contribution >= 4 is 34.9 Å². The lowest BCUT2D eigenvalue weighted by Gasteiger charge is -2.12. The zero-order chi connectivity index (χ0) is 14.7. The van der Waals surface area contributed by atoms with E-state index in [0.29, 0.717) is 16.6 Å². The maximum atomic E-state index is 11.0. The summed E-state index contributed by atoms with van der Waals surface area (Å²) in [6, 6.07) is 10.4. The topological polar surface area (TPSA) is 49.3 Å². The van der Waals surface area contributed by atoms with Gasteiger partial charge >= 0.3 is 5.97 Å². The van der Waals surface area contributed by atoms with Crippen LogP contribution in [0.2, 0.25) is 10.0 Å². The van der Waals surface area contributed by atoms with E-state index in [2.05, 4.69) is 5.32 Å². The van der Waals surface area contributed by atoms with Crippen molar-refractivity contribution in [1.29, 1.82) is 0 Å². The number of hydrogen-bond donors (Lipinski definition) is 2. The van der Waals surface area contributed by atoms with Gasteiger partial charge in [-0.1, -0.05) is 41.4 Å². The Kier molecular flexibility index (Phi) is 4.53. The number of anilines is 1. The van der Waals surface area contributed by atoms with Crippen molar-refractivity contribution in [3.63, 3.8) is 0 Å². The molecule has 0 aliphatic heterocycles. The van der Waals surface area contributed by atoms with Gasteiger partial charge in [-0.2, -0.15) is 0 Å². The van der Waals surface area contributed by atoms with Gasteiger partial charge in [0.05, 0.1) is 15.6 Å². The molecule has 0 bridgehead atoms. The van der Waals surface area contributed by atoms with Crippen LogP contribution in [0.25, 0.3) is 0 Å². The van der Waals surface area contributed by atoms with E-state index < -0.39 is 5.97 Å². The van der Waals surface area contributed by atoms with E-state index in [1.165, 1.54) is 0 Å². The third-order valence-electron chi connectivity index (χ3n) is 2.99. The number of rotatable bonds is 4. The highest BCUT2D eigenvalue weighted by Gasteiger charge is 2.08. The van der Waals surface area contributed by atoms with Gasteiger partial charge in [0, 0.05) is 12.2 Å². The molecular formula is C15H13Cl2NO2. The molecule has 0 aromatic heterocycles. The lowest BCUT2D eigenvalue weighted by molar-refractivity contribution is 0.0697. The Hall–Kier alpha value is -1.71. The van der Waals surface area contributed by atoms with Crippen LogP contribution in [0, 0.1) is 6.92 Å². The minimum Gasteiger partial charge on any atom is -0.478 e. The molecular weight excluding hydrogens is 297 g/mol. The second kappa shape index (κ2) is 6.16. The molecule has 0 heterocycles. The van der Waals surface area contributed by atoms with Crippen LogP contribution in [-0.4, -0.2) is 11.1 Å². The Balaban J connectivity index is 2.20. The van der Waals surface area contributed by atoms with E-state index in [1.54, 1.807) is 24.3 Å². The first-order valence-corrected chi connectivity index (χ1v) is 6.75. The van der Waals surface area contributed by atoms with E-state index in [4.69, 9.17) is 28.3 Å². The van der Waals surface area contributed by atoms with Gasteiger partial charge in [0.1, 0.15) is 0 Å². The average molecular weight is 310 g/mol. The molecule has 2 aromatic rings. The van der Waals surface area contributed by atoms with Gasteiger partial charge in [0.25, 0.3) is 0 Å². The quantitative estimate of drug-likeness (QED) is 0.867. The number of hydrogen-bond acceptors (Lipinski definition) is 2. The summed E-state index contributed by atoms with van der Waals surface area (Å²) in [5.74, 6) is -0.950. The SMILES string of the molecule is Cc1ccc(C(=O)O)cc1NCc1cccc(Cl)c1Cl. The van der Waals surface area contributed by atoms with Gasteiger partial charge in [-0.15, -0.1) is 0 Å². The van der Waals surface area contributed by atoms with E-state index in [9.17, 15) is 4.79 Å². The summed E-state index contributed by atoms with van der Waals surface area (Å²) in [6.45, 7) is 2.39. The molecule has 20 heavy (non-hydrogen) atoms. The Bertz CT molecular complexity index is 656. The predicted octanol–water partition coefficient (Wildman–Crippen LogP) is 4.61. The molecule has 2 rings (SSSR count). The van der Waals surface area contributed by atoms with Crippen LogP contribution < -0.4 is 5.32 Å². The van der Waals surface area contributed by atoms with Gasteiger partial charge in [0.15, 0.2) is 0 Å². The summed E-state index contributed by atoms with van der Waals surface area (Å²) in [5, 5.41) is 13.2. The molecule has 3 nitrogen and oxygen atoms in total. The van der Waals surface area contributed by atoms with Crippen molar-refractivity contribution in [2.45, 2.75) is 13.5 Å². The Morgan fingerprint density at radius 3 is 2.70 bits per heavy atom. The van der Waals surface area contributed by atoms with E-state index in [0.717, 1.165) is 16.8 Å². The van der Waals surface area contributed by atoms with E-state index in [1.807, 2.05) is 19.1 Å². The first-order chi connectivity index (χ1) is 9.49. The highest BCUT2D eigenvalue weighted by Crippen LogP contribution is 2.26. The van der Waals surface area contributed by atoms with Crippen molar-refractivity contribution in [3.05, 3.63) is 63.1 Å². The van der Waals surface area contributed by atoms with Crippen LogP contribution >= 0.6 is 23.2 Å². The fourth-order valence-corrected chi connectivity index (χ4v) is 2.21. The smallest absolute Gasteiger partial charge is 0.335 e. The van der Waals surface area contributed by atoms with Crippen molar-refractivity contribution < 1.29 is 9.90 Å². The van der Waals surface area contributed by atoms with Crippen LogP contribution in [0.1, 0.15) is 21.5 Å². The third-order valence-corrected chi connectivity index (χ3v) is 3.84. The summed E-state index contributed by atoms with van der Waals surface area (Å²) in [4.78, 5) is 11.0. The third kappa shape index (κ3) is 3.24. The Morgan fingerprint density at radius 1 is 1.25 bits per heavy atom. The van der Waals surface area contributed by atoms with Crippen LogP contribution in [-0.2, 0) is 6.54 Å². The summed E-state index contributed by atoms with van der Waals surface area (Å²) >= 11 is 12.1. The Labute approximate surface area is 127 Å². The van der Waals surface area contributed by atoms with Crippen molar-refractivity contribution in [3.8, 4) is 0 Å². The number of carboxylic acids is 1. The van der Waals surface area contributed by atoms with Crippen LogP contribution in [0.3, 0.4) is 0 Å². The average Bonchev–Trinajstić information content (AvgIpc) is 2.41. The predicted molar refractivity (Wildman–Crippen MR) is 81.9 cm³/mol. The summed E-state index contributed by atoms with van der Waals surface area (Å²) in [6.07, 6.45) is 0. The molecule has 0 spiro atoms. The lowest BCUT2D eigenvalue weighted by atomic mass is 10.1. The molecule has 104 valence electrons. The van der Waals surface area contributed by atoms with Gasteiger partial charge < -0.3 is 10.4 Å². The number of aryl methyl sites for hydroxylation is 1. The minimum atomic E-state index is -0.950. The van der Waals surface area contributed by atoms with Crippen LogP contribution in [0.5, 0.6) is 0 Å². The zero-order valence-corrected chi connectivity index (χ0v) is 12.3. The van der Waals surface area contributed by atoms with Crippen molar-refractivity contribution in [2.24, 2.45) is 0 Å². The van der Waals surface area contributed by atoms with Gasteiger partial charge in [-0.05, 0) is 36.2 Å². The van der Waals surface area contributed by atoms with Crippen molar-refractivity contribution in [1.82, 2.24) is 0 Å². The molecule has 5 heteroatoms. The maximum Gasteiger partial charge on any atom is 0.335 e. The van der Waals surface area contributed by atoms with E-state index in [-0.39, 0.29) is 5.56 Å². The summed E-state index contributed by atoms with van der Waals surface area (Å²) in [5.41, 5.74) is 2.84. The van der Waals surface area contributed by atoms with Crippen LogP contribution in [0.4, 0.5) is 5.69 Å². The highest BCUT2D eigenvalue weighted by atomic mass is 35.5. The number of nitrogens with one attached hydrogen (secondary N) is 1. The van der Waals surface area contributed by atoms with Crippen molar-refractivity contribution in [2.75, 3.05) is 5.32 Å². The number of aromatic carboxylic acids is 1. The minimum absolute atomic E-state index is 0.246. The molecule has 2 N–H and O–H groups in total. The van der Waals surface area contributed by atoms with Gasteiger partial charge in [-0.3, -0.25) is 0 Å². The van der Waals surface area contributed by atoms with Gasteiger partial charge in [-0.25, -0.2) is 4.79 Å². The molecule has 0 radical (unpaired) electrons. The largest absolute Gasteiger partial charge is 0.478 e. The molecule has 0 saturated carbocycles. The monoisotopic (exact) mass is 309 g/mol. The van der Waals surface area contributed by atoms with E-state index >= 15 is 0 Å². The second-order valence-electron chi connectivity index (χ2n) is 4.40.